The topological polar surface area (TPSA) is 35.9 Å². The van der Waals surface area contributed by atoms with Crippen molar-refractivity contribution in [3.63, 3.8) is 0 Å². The second-order valence-corrected chi connectivity index (χ2v) is 6.22. The van der Waals surface area contributed by atoms with Crippen LogP contribution < -0.4 is 4.90 Å². The van der Waals surface area contributed by atoms with Crippen molar-refractivity contribution < 1.29 is 4.79 Å². The normalized spacial score (nSPS) is 17.8. The van der Waals surface area contributed by atoms with E-state index in [1.165, 1.54) is 11.8 Å². The van der Waals surface area contributed by atoms with E-state index in [9.17, 15) is 4.79 Å². The van der Waals surface area contributed by atoms with Crippen molar-refractivity contribution in [1.29, 1.82) is 0 Å². The van der Waals surface area contributed by atoms with E-state index in [1.807, 2.05) is 49.3 Å². The minimum absolute atomic E-state index is 0.0330. The van der Waals surface area contributed by atoms with Gasteiger partial charge in [0, 0.05) is 26.3 Å². The van der Waals surface area contributed by atoms with Gasteiger partial charge in [0.05, 0.1) is 11.4 Å². The SMILES string of the molecule is C=CCN=C1SC(=Cc2ccc(N(C)C)cc2)C(=O)N1CC=C. The summed E-state index contributed by atoms with van der Waals surface area (Å²) in [5, 5.41) is 0.700. The number of anilines is 1. The van der Waals surface area contributed by atoms with Crippen molar-refractivity contribution >= 4 is 34.6 Å². The number of nitrogens with zero attached hydrogens (tertiary/aromatic N) is 3. The Kier molecular flexibility index (Phi) is 5.82. The van der Waals surface area contributed by atoms with Gasteiger partial charge in [-0.15, -0.1) is 13.2 Å². The zero-order valence-corrected chi connectivity index (χ0v) is 14.3. The lowest BCUT2D eigenvalue weighted by atomic mass is 10.2. The molecule has 23 heavy (non-hydrogen) atoms. The summed E-state index contributed by atoms with van der Waals surface area (Å²) in [4.78, 5) is 21.3. The molecule has 0 aliphatic carbocycles. The van der Waals surface area contributed by atoms with E-state index in [1.54, 1.807) is 17.1 Å². The molecule has 1 fully saturated rings. The van der Waals surface area contributed by atoms with Crippen LogP contribution in [0.5, 0.6) is 0 Å². The number of carbonyl (C=O) groups excluding carboxylic acids is 1. The minimum atomic E-state index is -0.0330. The Morgan fingerprint density at radius 1 is 1.22 bits per heavy atom. The van der Waals surface area contributed by atoms with Gasteiger partial charge in [-0.1, -0.05) is 24.3 Å². The van der Waals surface area contributed by atoms with Crippen molar-refractivity contribution in [3.8, 4) is 0 Å². The molecule has 1 aliphatic rings. The number of thioether (sulfide) groups is 1. The molecule has 1 amide bonds. The Morgan fingerprint density at radius 3 is 2.48 bits per heavy atom. The number of rotatable bonds is 6. The Morgan fingerprint density at radius 2 is 1.91 bits per heavy atom. The molecule has 0 saturated carbocycles. The minimum Gasteiger partial charge on any atom is -0.378 e. The lowest BCUT2D eigenvalue weighted by molar-refractivity contribution is -0.121. The van der Waals surface area contributed by atoms with Crippen LogP contribution in [0.3, 0.4) is 0 Å². The van der Waals surface area contributed by atoms with Crippen molar-refractivity contribution in [2.75, 3.05) is 32.1 Å². The van der Waals surface area contributed by atoms with Crippen LogP contribution in [-0.4, -0.2) is 43.2 Å². The summed E-state index contributed by atoms with van der Waals surface area (Å²) in [6.07, 6.45) is 5.32. The van der Waals surface area contributed by atoms with Crippen molar-refractivity contribution in [3.05, 3.63) is 60.0 Å². The van der Waals surface area contributed by atoms with Crippen LogP contribution >= 0.6 is 11.8 Å². The van der Waals surface area contributed by atoms with E-state index in [2.05, 4.69) is 18.2 Å². The highest BCUT2D eigenvalue weighted by Gasteiger charge is 2.32. The number of benzene rings is 1. The number of amides is 1. The molecule has 1 aromatic rings. The molecule has 5 heteroatoms. The van der Waals surface area contributed by atoms with Crippen LogP contribution in [0.2, 0.25) is 0 Å². The fourth-order valence-corrected chi connectivity index (χ4v) is 3.07. The molecule has 0 radical (unpaired) electrons. The summed E-state index contributed by atoms with van der Waals surface area (Å²) >= 11 is 1.39. The van der Waals surface area contributed by atoms with Crippen LogP contribution in [0.4, 0.5) is 5.69 Å². The van der Waals surface area contributed by atoms with Gasteiger partial charge in [0.2, 0.25) is 0 Å². The summed E-state index contributed by atoms with van der Waals surface area (Å²) < 4.78 is 0. The second-order valence-electron chi connectivity index (χ2n) is 5.21. The highest BCUT2D eigenvalue weighted by molar-refractivity contribution is 8.18. The summed E-state index contributed by atoms with van der Waals surface area (Å²) in [5.41, 5.74) is 2.12. The maximum atomic E-state index is 12.5. The standard InChI is InChI=1S/C18H21N3OS/c1-5-11-19-18-21(12-6-2)17(22)16(23-18)13-14-7-9-15(10-8-14)20(3)4/h5-10,13H,1-2,11-12H2,3-4H3. The van der Waals surface area contributed by atoms with Crippen LogP contribution in [0.25, 0.3) is 6.08 Å². The summed E-state index contributed by atoms with van der Waals surface area (Å²) in [5.74, 6) is -0.0330. The van der Waals surface area contributed by atoms with E-state index in [4.69, 9.17) is 0 Å². The lowest BCUT2D eigenvalue weighted by Gasteiger charge is -2.12. The van der Waals surface area contributed by atoms with Gasteiger partial charge in [-0.2, -0.15) is 0 Å². The van der Waals surface area contributed by atoms with Gasteiger partial charge in [0.1, 0.15) is 0 Å². The fourth-order valence-electron chi connectivity index (χ4n) is 2.08. The van der Waals surface area contributed by atoms with Gasteiger partial charge in [0.25, 0.3) is 5.91 Å². The van der Waals surface area contributed by atoms with Crippen molar-refractivity contribution in [1.82, 2.24) is 4.90 Å². The molecule has 2 rings (SSSR count). The molecule has 0 unspecified atom stereocenters. The van der Waals surface area contributed by atoms with Crippen LogP contribution in [0, 0.1) is 0 Å². The van der Waals surface area contributed by atoms with Gasteiger partial charge in [-0.3, -0.25) is 14.7 Å². The van der Waals surface area contributed by atoms with E-state index in [0.29, 0.717) is 23.2 Å². The highest BCUT2D eigenvalue weighted by Crippen LogP contribution is 2.32. The molecule has 1 aromatic carbocycles. The molecule has 0 atom stereocenters. The van der Waals surface area contributed by atoms with Crippen molar-refractivity contribution in [2.45, 2.75) is 0 Å². The first-order chi connectivity index (χ1) is 11.1. The third-order valence-corrected chi connectivity index (χ3v) is 4.31. The van der Waals surface area contributed by atoms with Gasteiger partial charge in [-0.05, 0) is 35.5 Å². The van der Waals surface area contributed by atoms with E-state index < -0.39 is 0 Å². The molecule has 4 nitrogen and oxygen atoms in total. The quantitative estimate of drug-likeness (QED) is 0.593. The van der Waals surface area contributed by atoms with Crippen LogP contribution in [-0.2, 0) is 4.79 Å². The largest absolute Gasteiger partial charge is 0.378 e. The Hall–Kier alpha value is -2.27. The number of aliphatic imine (C=N–C) groups is 1. The Labute approximate surface area is 141 Å². The zero-order chi connectivity index (χ0) is 16.8. The lowest BCUT2D eigenvalue weighted by Crippen LogP contribution is -2.29. The molecule has 1 aliphatic heterocycles. The van der Waals surface area contributed by atoms with Gasteiger partial charge < -0.3 is 4.90 Å². The highest BCUT2D eigenvalue weighted by atomic mass is 32.2. The Balaban J connectivity index is 2.26. The molecule has 0 bridgehead atoms. The van der Waals surface area contributed by atoms with Gasteiger partial charge in [-0.25, -0.2) is 0 Å². The molecular weight excluding hydrogens is 306 g/mol. The maximum Gasteiger partial charge on any atom is 0.267 e. The number of hydrogen-bond donors (Lipinski definition) is 0. The second kappa shape index (κ2) is 7.83. The van der Waals surface area contributed by atoms with Crippen molar-refractivity contribution in [2.24, 2.45) is 4.99 Å². The summed E-state index contributed by atoms with van der Waals surface area (Å²) in [6.45, 7) is 8.32. The summed E-state index contributed by atoms with van der Waals surface area (Å²) in [7, 11) is 4.00. The van der Waals surface area contributed by atoms with E-state index >= 15 is 0 Å². The molecule has 1 heterocycles. The zero-order valence-electron chi connectivity index (χ0n) is 13.5. The number of amidine groups is 1. The number of carbonyl (C=O) groups is 1. The van der Waals surface area contributed by atoms with E-state index in [0.717, 1.165) is 11.3 Å². The monoisotopic (exact) mass is 327 g/mol. The first kappa shape index (κ1) is 17.1. The average Bonchev–Trinajstić information content (AvgIpc) is 2.82. The molecular formula is C18H21N3OS. The van der Waals surface area contributed by atoms with E-state index in [-0.39, 0.29) is 5.91 Å². The predicted octanol–water partition coefficient (Wildman–Crippen LogP) is 3.40. The van der Waals surface area contributed by atoms with Crippen LogP contribution in [0.15, 0.2) is 59.5 Å². The molecule has 0 N–H and O–H groups in total. The van der Waals surface area contributed by atoms with Gasteiger partial charge >= 0.3 is 0 Å². The smallest absolute Gasteiger partial charge is 0.267 e. The molecule has 1 saturated heterocycles. The summed E-state index contributed by atoms with van der Waals surface area (Å²) in [6, 6.07) is 8.08. The molecule has 120 valence electrons. The fraction of sp³-hybridized carbons (Fsp3) is 0.222. The predicted molar refractivity (Wildman–Crippen MR) is 101 cm³/mol. The average molecular weight is 327 g/mol. The first-order valence-corrected chi connectivity index (χ1v) is 8.13. The van der Waals surface area contributed by atoms with Crippen LogP contribution in [0.1, 0.15) is 5.56 Å². The molecule has 0 spiro atoms. The maximum absolute atomic E-state index is 12.5. The molecule has 0 aromatic heterocycles. The number of hydrogen-bond acceptors (Lipinski definition) is 4. The Bertz CT molecular complexity index is 659. The first-order valence-electron chi connectivity index (χ1n) is 7.32. The third kappa shape index (κ3) is 4.13. The van der Waals surface area contributed by atoms with Gasteiger partial charge in [0.15, 0.2) is 5.17 Å². The third-order valence-electron chi connectivity index (χ3n) is 3.26.